The minimum Gasteiger partial charge on any atom is -0.325 e. The van der Waals surface area contributed by atoms with Crippen LogP contribution in [-0.2, 0) is 6.54 Å². The number of hydrogen-bond acceptors (Lipinski definition) is 3. The standard InChI is InChI=1S/C11H9BrFN3O/c12-9-2-1-6(13)3-8(9)11-15-7(5-14)4-10(17)16-11/h1-4H,5,14H2,(H,15,16,17). The van der Waals surface area contributed by atoms with Crippen LogP contribution in [0.4, 0.5) is 4.39 Å². The lowest BCUT2D eigenvalue weighted by Crippen LogP contribution is -2.12. The van der Waals surface area contributed by atoms with Crippen molar-refractivity contribution in [2.24, 2.45) is 5.73 Å². The summed E-state index contributed by atoms with van der Waals surface area (Å²) in [6.07, 6.45) is 0. The molecule has 4 nitrogen and oxygen atoms in total. The fourth-order valence-electron chi connectivity index (χ4n) is 1.42. The zero-order chi connectivity index (χ0) is 12.4. The summed E-state index contributed by atoms with van der Waals surface area (Å²) in [5, 5.41) is 0. The normalized spacial score (nSPS) is 10.5. The molecule has 2 rings (SSSR count). The van der Waals surface area contributed by atoms with Crippen LogP contribution in [0.3, 0.4) is 0 Å². The molecule has 0 saturated carbocycles. The van der Waals surface area contributed by atoms with E-state index in [2.05, 4.69) is 25.9 Å². The SMILES string of the molecule is NCc1cc(=O)[nH]c(-c2cc(F)ccc2Br)n1. The van der Waals surface area contributed by atoms with Gasteiger partial charge in [-0.25, -0.2) is 9.37 Å². The van der Waals surface area contributed by atoms with Crippen LogP contribution >= 0.6 is 15.9 Å². The number of nitrogens with one attached hydrogen (secondary N) is 1. The molecule has 2 aromatic rings. The van der Waals surface area contributed by atoms with E-state index >= 15 is 0 Å². The summed E-state index contributed by atoms with van der Waals surface area (Å²) in [4.78, 5) is 18.1. The molecule has 1 heterocycles. The molecule has 0 unspecified atom stereocenters. The number of nitrogens with zero attached hydrogens (tertiary/aromatic N) is 1. The minimum absolute atomic E-state index is 0.157. The van der Waals surface area contributed by atoms with Gasteiger partial charge in [0.15, 0.2) is 0 Å². The van der Waals surface area contributed by atoms with Gasteiger partial charge in [0.2, 0.25) is 0 Å². The molecular formula is C11H9BrFN3O. The van der Waals surface area contributed by atoms with E-state index in [1.165, 1.54) is 18.2 Å². The predicted molar refractivity (Wildman–Crippen MR) is 65.8 cm³/mol. The minimum atomic E-state index is -0.399. The molecule has 1 aromatic heterocycles. The van der Waals surface area contributed by atoms with Crippen molar-refractivity contribution in [2.45, 2.75) is 6.54 Å². The molecule has 0 bridgehead atoms. The Morgan fingerprint density at radius 2 is 2.18 bits per heavy atom. The number of benzene rings is 1. The van der Waals surface area contributed by atoms with Gasteiger partial charge in [-0.3, -0.25) is 4.79 Å². The number of H-pyrrole nitrogens is 1. The zero-order valence-electron chi connectivity index (χ0n) is 8.71. The first kappa shape index (κ1) is 11.9. The third kappa shape index (κ3) is 2.59. The molecule has 0 amide bonds. The van der Waals surface area contributed by atoms with Gasteiger partial charge in [0, 0.05) is 22.6 Å². The summed E-state index contributed by atoms with van der Waals surface area (Å²) in [7, 11) is 0. The summed E-state index contributed by atoms with van der Waals surface area (Å²) in [6.45, 7) is 0.157. The Labute approximate surface area is 105 Å². The van der Waals surface area contributed by atoms with E-state index in [9.17, 15) is 9.18 Å². The molecule has 0 aliphatic carbocycles. The Hall–Kier alpha value is -1.53. The van der Waals surface area contributed by atoms with Crippen LogP contribution in [0.15, 0.2) is 33.5 Å². The first-order valence-electron chi connectivity index (χ1n) is 4.86. The lowest BCUT2D eigenvalue weighted by atomic mass is 10.2. The van der Waals surface area contributed by atoms with Gasteiger partial charge in [-0.15, -0.1) is 0 Å². The summed E-state index contributed by atoms with van der Waals surface area (Å²) >= 11 is 3.28. The molecule has 0 saturated heterocycles. The van der Waals surface area contributed by atoms with Crippen LogP contribution in [0.2, 0.25) is 0 Å². The Kier molecular flexibility index (Phi) is 3.35. The highest BCUT2D eigenvalue weighted by Gasteiger charge is 2.08. The maximum Gasteiger partial charge on any atom is 0.251 e. The number of halogens is 2. The van der Waals surface area contributed by atoms with Gasteiger partial charge >= 0.3 is 0 Å². The first-order valence-corrected chi connectivity index (χ1v) is 5.65. The molecule has 17 heavy (non-hydrogen) atoms. The third-order valence-corrected chi connectivity index (χ3v) is 2.88. The number of hydrogen-bond donors (Lipinski definition) is 2. The van der Waals surface area contributed by atoms with E-state index in [1.54, 1.807) is 6.07 Å². The first-order chi connectivity index (χ1) is 8.10. The smallest absolute Gasteiger partial charge is 0.251 e. The molecule has 88 valence electrons. The molecule has 0 fully saturated rings. The van der Waals surface area contributed by atoms with Crippen molar-refractivity contribution in [3.63, 3.8) is 0 Å². The molecule has 0 radical (unpaired) electrons. The highest BCUT2D eigenvalue weighted by molar-refractivity contribution is 9.10. The van der Waals surface area contributed by atoms with Gasteiger partial charge in [0.25, 0.3) is 5.56 Å². The van der Waals surface area contributed by atoms with Crippen molar-refractivity contribution >= 4 is 15.9 Å². The van der Waals surface area contributed by atoms with E-state index < -0.39 is 5.82 Å². The van der Waals surface area contributed by atoms with Crippen molar-refractivity contribution in [2.75, 3.05) is 0 Å². The largest absolute Gasteiger partial charge is 0.325 e. The molecule has 3 N–H and O–H groups in total. The van der Waals surface area contributed by atoms with Crippen LogP contribution in [0, 0.1) is 5.82 Å². The quantitative estimate of drug-likeness (QED) is 0.888. The zero-order valence-corrected chi connectivity index (χ0v) is 10.3. The fraction of sp³-hybridized carbons (Fsp3) is 0.0909. The maximum atomic E-state index is 13.2. The molecule has 0 aliphatic heterocycles. The highest BCUT2D eigenvalue weighted by atomic mass is 79.9. The van der Waals surface area contributed by atoms with Gasteiger partial charge in [-0.1, -0.05) is 15.9 Å². The van der Waals surface area contributed by atoms with E-state index in [1.807, 2.05) is 0 Å². The van der Waals surface area contributed by atoms with Gasteiger partial charge < -0.3 is 10.7 Å². The van der Waals surface area contributed by atoms with E-state index in [-0.39, 0.29) is 12.1 Å². The molecule has 1 aromatic carbocycles. The Bertz CT molecular complexity index is 612. The Balaban J connectivity index is 2.63. The van der Waals surface area contributed by atoms with Crippen LogP contribution in [0.1, 0.15) is 5.69 Å². The predicted octanol–water partition coefficient (Wildman–Crippen LogP) is 1.80. The van der Waals surface area contributed by atoms with Crippen molar-refractivity contribution < 1.29 is 4.39 Å². The van der Waals surface area contributed by atoms with Crippen LogP contribution in [0.25, 0.3) is 11.4 Å². The monoisotopic (exact) mass is 297 g/mol. The lowest BCUT2D eigenvalue weighted by Gasteiger charge is -2.05. The summed E-state index contributed by atoms with van der Waals surface area (Å²) in [5.74, 6) is -0.103. The molecule has 0 atom stereocenters. The van der Waals surface area contributed by atoms with Gasteiger partial charge in [-0.05, 0) is 18.2 Å². The van der Waals surface area contributed by atoms with Crippen molar-refractivity contribution in [1.29, 1.82) is 0 Å². The molecular weight excluding hydrogens is 289 g/mol. The summed E-state index contributed by atoms with van der Waals surface area (Å²) < 4.78 is 13.8. The Morgan fingerprint density at radius 3 is 2.88 bits per heavy atom. The van der Waals surface area contributed by atoms with E-state index in [0.29, 0.717) is 21.6 Å². The van der Waals surface area contributed by atoms with Crippen molar-refractivity contribution in [3.8, 4) is 11.4 Å². The third-order valence-electron chi connectivity index (χ3n) is 2.19. The summed E-state index contributed by atoms with van der Waals surface area (Å²) in [5.41, 5.74) is 6.06. The van der Waals surface area contributed by atoms with Gasteiger partial charge in [0.05, 0.1) is 5.69 Å². The second-order valence-corrected chi connectivity index (χ2v) is 4.27. The van der Waals surface area contributed by atoms with Crippen molar-refractivity contribution in [1.82, 2.24) is 9.97 Å². The van der Waals surface area contributed by atoms with Crippen LogP contribution < -0.4 is 11.3 Å². The molecule has 6 heteroatoms. The topological polar surface area (TPSA) is 71.8 Å². The fourth-order valence-corrected chi connectivity index (χ4v) is 1.85. The highest BCUT2D eigenvalue weighted by Crippen LogP contribution is 2.25. The number of aromatic amines is 1. The average molecular weight is 298 g/mol. The molecule has 0 spiro atoms. The van der Waals surface area contributed by atoms with Gasteiger partial charge in [-0.2, -0.15) is 0 Å². The van der Waals surface area contributed by atoms with E-state index in [0.717, 1.165) is 0 Å². The lowest BCUT2D eigenvalue weighted by molar-refractivity contribution is 0.628. The second kappa shape index (κ2) is 4.77. The van der Waals surface area contributed by atoms with Crippen LogP contribution in [-0.4, -0.2) is 9.97 Å². The average Bonchev–Trinajstić information content (AvgIpc) is 2.31. The Morgan fingerprint density at radius 1 is 1.41 bits per heavy atom. The van der Waals surface area contributed by atoms with E-state index in [4.69, 9.17) is 5.73 Å². The van der Waals surface area contributed by atoms with Crippen molar-refractivity contribution in [3.05, 3.63) is 50.6 Å². The number of rotatable bonds is 2. The maximum absolute atomic E-state index is 13.2. The number of aromatic nitrogens is 2. The van der Waals surface area contributed by atoms with Gasteiger partial charge in [0.1, 0.15) is 11.6 Å². The van der Waals surface area contributed by atoms with Crippen LogP contribution in [0.5, 0.6) is 0 Å². The molecule has 0 aliphatic rings. The second-order valence-electron chi connectivity index (χ2n) is 3.41. The number of nitrogens with two attached hydrogens (primary N) is 1. The summed E-state index contributed by atoms with van der Waals surface area (Å²) in [6, 6.07) is 5.48.